The molecule has 2 aromatic rings. The van der Waals surface area contributed by atoms with Crippen LogP contribution in [0.15, 0.2) is 48.5 Å². The number of para-hydroxylation sites is 2. The molecule has 0 aliphatic carbocycles. The molecule has 1 amide bonds. The van der Waals surface area contributed by atoms with E-state index in [-0.39, 0.29) is 10.9 Å². The van der Waals surface area contributed by atoms with Crippen molar-refractivity contribution < 1.29 is 14.6 Å². The van der Waals surface area contributed by atoms with Crippen molar-refractivity contribution in [2.24, 2.45) is 0 Å². The summed E-state index contributed by atoms with van der Waals surface area (Å²) >= 11 is 23.0. The van der Waals surface area contributed by atoms with Gasteiger partial charge in [0, 0.05) is 5.56 Å². The second-order valence-electron chi connectivity index (χ2n) is 5.29. The molecule has 0 radical (unpaired) electrons. The molecule has 0 spiro atoms. The van der Waals surface area contributed by atoms with Crippen LogP contribution in [-0.2, 0) is 0 Å². The van der Waals surface area contributed by atoms with Gasteiger partial charge in [-0.3, -0.25) is 4.79 Å². The van der Waals surface area contributed by atoms with Gasteiger partial charge in [0.2, 0.25) is 3.79 Å². The highest BCUT2D eigenvalue weighted by atomic mass is 35.6. The summed E-state index contributed by atoms with van der Waals surface area (Å²) < 4.78 is 3.15. The summed E-state index contributed by atoms with van der Waals surface area (Å²) in [4.78, 5) is 12.4. The van der Waals surface area contributed by atoms with Crippen LogP contribution >= 0.6 is 47.0 Å². The monoisotopic (exact) mass is 447 g/mol. The van der Waals surface area contributed by atoms with Crippen molar-refractivity contribution in [2.75, 3.05) is 12.4 Å². The number of anilines is 1. The van der Waals surface area contributed by atoms with Crippen molar-refractivity contribution in [2.45, 2.75) is 9.96 Å². The lowest BCUT2D eigenvalue weighted by molar-refractivity contribution is 0.0934. The molecular weight excluding hydrogens is 433 g/mol. The number of hydrogen-bond donors (Lipinski definition) is 4. The third kappa shape index (κ3) is 6.32. The van der Waals surface area contributed by atoms with Gasteiger partial charge in [-0.25, -0.2) is 0 Å². The van der Waals surface area contributed by atoms with E-state index in [1.54, 1.807) is 42.5 Å². The fourth-order valence-corrected chi connectivity index (χ4v) is 2.58. The summed E-state index contributed by atoms with van der Waals surface area (Å²) in [5.74, 6) is 0.122. The summed E-state index contributed by atoms with van der Waals surface area (Å²) in [6.07, 6.45) is -1.14. The van der Waals surface area contributed by atoms with Crippen molar-refractivity contribution in [3.05, 3.63) is 54.1 Å². The first kappa shape index (κ1) is 21.4. The van der Waals surface area contributed by atoms with Gasteiger partial charge in [0.15, 0.2) is 5.11 Å². The first-order valence-corrected chi connectivity index (χ1v) is 9.12. The number of phenols is 1. The van der Waals surface area contributed by atoms with E-state index in [9.17, 15) is 9.90 Å². The molecule has 4 N–H and O–H groups in total. The number of rotatable bonds is 5. The van der Waals surface area contributed by atoms with E-state index in [0.717, 1.165) is 0 Å². The van der Waals surface area contributed by atoms with Gasteiger partial charge in [-0.05, 0) is 48.6 Å². The Kier molecular flexibility index (Phi) is 7.38. The number of thiocarbonyl (C=S) groups is 1. The molecule has 0 aliphatic rings. The number of carbonyl (C=O) groups is 1. The number of ether oxygens (including phenoxy) is 1. The van der Waals surface area contributed by atoms with E-state index in [0.29, 0.717) is 17.0 Å². The molecule has 0 aromatic heterocycles. The van der Waals surface area contributed by atoms with Gasteiger partial charge in [-0.1, -0.05) is 46.9 Å². The van der Waals surface area contributed by atoms with Crippen molar-refractivity contribution >= 4 is 63.7 Å². The number of carbonyl (C=O) groups excluding carboxylic acids is 1. The van der Waals surface area contributed by atoms with Gasteiger partial charge < -0.3 is 25.8 Å². The van der Waals surface area contributed by atoms with Crippen LogP contribution in [0.1, 0.15) is 10.4 Å². The molecular formula is C17H16Cl3N3O3S. The van der Waals surface area contributed by atoms with E-state index < -0.39 is 15.9 Å². The number of hydrogen-bond acceptors (Lipinski definition) is 4. The summed E-state index contributed by atoms with van der Waals surface area (Å²) in [5.41, 5.74) is 0.705. The zero-order valence-corrected chi connectivity index (χ0v) is 17.1. The maximum atomic E-state index is 12.4. The first-order valence-electron chi connectivity index (χ1n) is 7.58. The topological polar surface area (TPSA) is 82.6 Å². The Bertz CT molecular complexity index is 813. The second kappa shape index (κ2) is 9.32. The van der Waals surface area contributed by atoms with Gasteiger partial charge in [0.05, 0.1) is 12.8 Å². The summed E-state index contributed by atoms with van der Waals surface area (Å²) in [7, 11) is 1.52. The van der Waals surface area contributed by atoms with Crippen molar-refractivity contribution in [3.63, 3.8) is 0 Å². The lowest BCUT2D eigenvalue weighted by Gasteiger charge is -2.28. The maximum Gasteiger partial charge on any atom is 0.252 e. The zero-order valence-electron chi connectivity index (χ0n) is 14.0. The second-order valence-corrected chi connectivity index (χ2v) is 8.07. The normalized spacial score (nSPS) is 12.0. The van der Waals surface area contributed by atoms with Crippen LogP contribution in [0.25, 0.3) is 0 Å². The highest BCUT2D eigenvalue weighted by Gasteiger charge is 2.35. The lowest BCUT2D eigenvalue weighted by Crippen LogP contribution is -2.56. The highest BCUT2D eigenvalue weighted by Crippen LogP contribution is 2.29. The molecule has 27 heavy (non-hydrogen) atoms. The predicted octanol–water partition coefficient (Wildman–Crippen LogP) is 3.81. The number of nitrogens with one attached hydrogen (secondary N) is 3. The smallest absolute Gasteiger partial charge is 0.252 e. The van der Waals surface area contributed by atoms with Crippen LogP contribution in [0, 0.1) is 0 Å². The number of alkyl halides is 3. The molecule has 1 atom stereocenters. The lowest BCUT2D eigenvalue weighted by atomic mass is 10.2. The Hall–Kier alpha value is -1.93. The molecule has 0 saturated heterocycles. The molecule has 2 aromatic carbocycles. The first-order chi connectivity index (χ1) is 12.7. The van der Waals surface area contributed by atoms with Crippen LogP contribution < -0.4 is 20.7 Å². The average molecular weight is 449 g/mol. The number of aromatic hydroxyl groups is 1. The Labute approximate surface area is 176 Å². The minimum atomic E-state index is -1.90. The molecule has 6 nitrogen and oxygen atoms in total. The summed E-state index contributed by atoms with van der Waals surface area (Å²) in [6.45, 7) is 0. The average Bonchev–Trinajstić information content (AvgIpc) is 2.62. The maximum absolute atomic E-state index is 12.4. The fourth-order valence-electron chi connectivity index (χ4n) is 2.03. The van der Waals surface area contributed by atoms with Crippen molar-refractivity contribution in [1.82, 2.24) is 10.6 Å². The van der Waals surface area contributed by atoms with E-state index >= 15 is 0 Å². The van der Waals surface area contributed by atoms with Gasteiger partial charge in [-0.2, -0.15) is 0 Å². The quantitative estimate of drug-likeness (QED) is 0.241. The Morgan fingerprint density at radius 1 is 1.11 bits per heavy atom. The largest absolute Gasteiger partial charge is 0.506 e. The van der Waals surface area contributed by atoms with Crippen LogP contribution in [0.2, 0.25) is 0 Å². The van der Waals surface area contributed by atoms with Gasteiger partial charge in [-0.15, -0.1) is 0 Å². The summed E-state index contributed by atoms with van der Waals surface area (Å²) in [6, 6.07) is 12.9. The molecule has 2 rings (SSSR count). The molecule has 0 unspecified atom stereocenters. The number of halogens is 3. The number of methoxy groups -OCH3 is 1. The molecule has 0 aliphatic heterocycles. The van der Waals surface area contributed by atoms with Crippen LogP contribution in [0.4, 0.5) is 5.69 Å². The Balaban J connectivity index is 2.07. The van der Waals surface area contributed by atoms with Crippen molar-refractivity contribution in [1.29, 1.82) is 0 Å². The molecule has 0 saturated carbocycles. The fraction of sp³-hybridized carbons (Fsp3) is 0.176. The minimum Gasteiger partial charge on any atom is -0.506 e. The van der Waals surface area contributed by atoms with E-state index in [2.05, 4.69) is 16.0 Å². The minimum absolute atomic E-state index is 0.00523. The molecule has 0 fully saturated rings. The molecule has 10 heteroatoms. The van der Waals surface area contributed by atoms with Gasteiger partial charge >= 0.3 is 0 Å². The van der Waals surface area contributed by atoms with Crippen LogP contribution in [-0.4, -0.2) is 33.2 Å². The standard InChI is InChI=1S/C17H16Cl3N3O3S/c1-26-11-8-6-10(7-9-11)14(25)22-15(17(18,19)20)23-16(27)21-12-4-2-3-5-13(12)24/h2-9,15,24H,1H3,(H,22,25)(H2,21,23,27)/t15-/m0/s1. The third-order valence-electron chi connectivity index (χ3n) is 3.38. The van der Waals surface area contributed by atoms with Crippen LogP contribution in [0.5, 0.6) is 11.5 Å². The highest BCUT2D eigenvalue weighted by molar-refractivity contribution is 7.80. The van der Waals surface area contributed by atoms with E-state index in [4.69, 9.17) is 51.8 Å². The van der Waals surface area contributed by atoms with Gasteiger partial charge in [0.25, 0.3) is 5.91 Å². The predicted molar refractivity (Wildman–Crippen MR) is 112 cm³/mol. The summed E-state index contributed by atoms with van der Waals surface area (Å²) in [5, 5.41) is 17.9. The molecule has 0 bridgehead atoms. The molecule has 0 heterocycles. The third-order valence-corrected chi connectivity index (χ3v) is 4.26. The van der Waals surface area contributed by atoms with E-state index in [1.807, 2.05) is 0 Å². The number of amides is 1. The SMILES string of the molecule is COc1ccc(C(=O)N[C@@H](NC(=S)Nc2ccccc2O)C(Cl)(Cl)Cl)cc1. The number of phenolic OH excluding ortho intramolecular Hbond substituents is 1. The van der Waals surface area contributed by atoms with Crippen LogP contribution in [0.3, 0.4) is 0 Å². The Morgan fingerprint density at radius 3 is 2.30 bits per heavy atom. The van der Waals surface area contributed by atoms with Crippen molar-refractivity contribution in [3.8, 4) is 11.5 Å². The Morgan fingerprint density at radius 2 is 1.74 bits per heavy atom. The van der Waals surface area contributed by atoms with Gasteiger partial charge in [0.1, 0.15) is 17.7 Å². The zero-order chi connectivity index (χ0) is 20.0. The number of benzene rings is 2. The van der Waals surface area contributed by atoms with E-state index in [1.165, 1.54) is 13.2 Å². The molecule has 144 valence electrons.